The molecule has 0 bridgehead atoms. The lowest BCUT2D eigenvalue weighted by molar-refractivity contribution is 0.989. The minimum atomic E-state index is 0.420. The third kappa shape index (κ3) is 1.11. The molecule has 0 aromatic heterocycles. The van der Waals surface area contributed by atoms with Crippen molar-refractivity contribution in [2.24, 2.45) is 5.73 Å². The first-order valence-electron chi connectivity index (χ1n) is 4.89. The number of rotatable bonds is 1. The highest BCUT2D eigenvalue weighted by molar-refractivity contribution is 5.61. The molecule has 2 aliphatic rings. The van der Waals surface area contributed by atoms with Gasteiger partial charge in [0.1, 0.15) is 0 Å². The van der Waals surface area contributed by atoms with Crippen molar-refractivity contribution >= 4 is 6.08 Å². The average molecular weight is 171 g/mol. The molecule has 2 N–H and O–H groups in total. The van der Waals surface area contributed by atoms with E-state index < -0.39 is 0 Å². The normalized spacial score (nSPS) is 29.0. The van der Waals surface area contributed by atoms with Gasteiger partial charge in [-0.25, -0.2) is 0 Å². The lowest BCUT2D eigenvalue weighted by Crippen LogP contribution is -2.01. The first-order chi connectivity index (χ1) is 6.34. The van der Waals surface area contributed by atoms with E-state index >= 15 is 0 Å². The molecule has 1 heteroatoms. The standard InChI is InChI=1S/C12H13N/c13-12-7-11(12)10-5-4-8-2-1-3-9(8)6-10/h1,3-6,11-12H,2,7,13H2. The fourth-order valence-electron chi connectivity index (χ4n) is 2.10. The molecule has 66 valence electrons. The van der Waals surface area contributed by atoms with Crippen LogP contribution in [0.4, 0.5) is 0 Å². The van der Waals surface area contributed by atoms with Crippen molar-refractivity contribution in [3.63, 3.8) is 0 Å². The molecule has 2 atom stereocenters. The van der Waals surface area contributed by atoms with E-state index in [4.69, 9.17) is 5.73 Å². The van der Waals surface area contributed by atoms with E-state index in [1.54, 1.807) is 0 Å². The number of hydrogen-bond donors (Lipinski definition) is 1. The van der Waals surface area contributed by atoms with Gasteiger partial charge in [0.05, 0.1) is 0 Å². The summed E-state index contributed by atoms with van der Waals surface area (Å²) >= 11 is 0. The van der Waals surface area contributed by atoms with Crippen LogP contribution in [0.3, 0.4) is 0 Å². The largest absolute Gasteiger partial charge is 0.327 e. The Hall–Kier alpha value is -1.08. The monoisotopic (exact) mass is 171 g/mol. The molecule has 2 aliphatic carbocycles. The van der Waals surface area contributed by atoms with Crippen molar-refractivity contribution in [1.29, 1.82) is 0 Å². The molecule has 13 heavy (non-hydrogen) atoms. The van der Waals surface area contributed by atoms with Crippen LogP contribution in [0.25, 0.3) is 6.08 Å². The van der Waals surface area contributed by atoms with Crippen LogP contribution in [-0.2, 0) is 6.42 Å². The van der Waals surface area contributed by atoms with E-state index in [2.05, 4.69) is 30.4 Å². The van der Waals surface area contributed by atoms with Crippen LogP contribution in [0.1, 0.15) is 29.0 Å². The van der Waals surface area contributed by atoms with Gasteiger partial charge in [0, 0.05) is 12.0 Å². The Kier molecular flexibility index (Phi) is 1.39. The van der Waals surface area contributed by atoms with Crippen LogP contribution in [0, 0.1) is 0 Å². The lowest BCUT2D eigenvalue weighted by Gasteiger charge is -2.02. The average Bonchev–Trinajstić information content (AvgIpc) is 2.70. The molecule has 2 unspecified atom stereocenters. The Morgan fingerprint density at radius 1 is 1.31 bits per heavy atom. The summed E-state index contributed by atoms with van der Waals surface area (Å²) in [5, 5.41) is 0. The first-order valence-corrected chi connectivity index (χ1v) is 4.89. The summed E-state index contributed by atoms with van der Waals surface area (Å²) in [6, 6.07) is 7.21. The number of benzene rings is 1. The zero-order chi connectivity index (χ0) is 8.84. The van der Waals surface area contributed by atoms with Gasteiger partial charge < -0.3 is 5.73 Å². The van der Waals surface area contributed by atoms with Crippen molar-refractivity contribution in [1.82, 2.24) is 0 Å². The third-order valence-corrected chi connectivity index (χ3v) is 3.07. The molecule has 0 heterocycles. The van der Waals surface area contributed by atoms with Crippen molar-refractivity contribution in [2.75, 3.05) is 0 Å². The van der Waals surface area contributed by atoms with Crippen LogP contribution < -0.4 is 5.73 Å². The van der Waals surface area contributed by atoms with Crippen LogP contribution in [-0.4, -0.2) is 6.04 Å². The Bertz CT molecular complexity index is 379. The SMILES string of the molecule is NC1CC1c1ccc2c(c1)C=CC2. The second-order valence-electron chi connectivity index (χ2n) is 4.07. The smallest absolute Gasteiger partial charge is 0.0115 e. The maximum atomic E-state index is 5.83. The minimum absolute atomic E-state index is 0.420. The number of hydrogen-bond acceptors (Lipinski definition) is 1. The van der Waals surface area contributed by atoms with Crippen molar-refractivity contribution in [3.05, 3.63) is 41.0 Å². The molecule has 0 saturated heterocycles. The highest BCUT2D eigenvalue weighted by atomic mass is 14.7. The maximum absolute atomic E-state index is 5.83. The second-order valence-corrected chi connectivity index (χ2v) is 4.07. The van der Waals surface area contributed by atoms with E-state index in [1.165, 1.54) is 23.1 Å². The zero-order valence-electron chi connectivity index (χ0n) is 7.53. The summed E-state index contributed by atoms with van der Waals surface area (Å²) < 4.78 is 0. The highest BCUT2D eigenvalue weighted by Gasteiger charge is 2.34. The first kappa shape index (κ1) is 7.34. The fourth-order valence-corrected chi connectivity index (χ4v) is 2.10. The van der Waals surface area contributed by atoms with Crippen molar-refractivity contribution in [2.45, 2.75) is 24.8 Å². The van der Waals surface area contributed by atoms with Crippen molar-refractivity contribution < 1.29 is 0 Å². The van der Waals surface area contributed by atoms with E-state index in [-0.39, 0.29) is 0 Å². The van der Waals surface area contributed by atoms with E-state index in [0.29, 0.717) is 12.0 Å². The van der Waals surface area contributed by atoms with Crippen LogP contribution in [0.2, 0.25) is 0 Å². The predicted molar refractivity (Wildman–Crippen MR) is 54.5 cm³/mol. The summed E-state index contributed by atoms with van der Waals surface area (Å²) in [5.41, 5.74) is 10.1. The summed E-state index contributed by atoms with van der Waals surface area (Å²) in [6.45, 7) is 0. The number of nitrogens with two attached hydrogens (primary N) is 1. The number of allylic oxidation sites excluding steroid dienone is 1. The Labute approximate surface area is 78.3 Å². The van der Waals surface area contributed by atoms with Gasteiger partial charge in [-0.05, 0) is 29.5 Å². The van der Waals surface area contributed by atoms with E-state index in [1.807, 2.05) is 0 Å². The molecule has 0 aliphatic heterocycles. The molecule has 1 fully saturated rings. The third-order valence-electron chi connectivity index (χ3n) is 3.07. The molecule has 0 spiro atoms. The maximum Gasteiger partial charge on any atom is 0.0115 e. The van der Waals surface area contributed by atoms with E-state index in [9.17, 15) is 0 Å². The summed E-state index contributed by atoms with van der Waals surface area (Å²) in [7, 11) is 0. The van der Waals surface area contributed by atoms with E-state index in [0.717, 1.165) is 6.42 Å². The van der Waals surface area contributed by atoms with Gasteiger partial charge in [-0.3, -0.25) is 0 Å². The summed E-state index contributed by atoms with van der Waals surface area (Å²) in [5.74, 6) is 0.638. The molecule has 0 amide bonds. The topological polar surface area (TPSA) is 26.0 Å². The van der Waals surface area contributed by atoms with Gasteiger partial charge in [-0.2, -0.15) is 0 Å². The Balaban J connectivity index is 2.00. The highest BCUT2D eigenvalue weighted by Crippen LogP contribution is 2.40. The predicted octanol–water partition coefficient (Wildman–Crippen LogP) is 2.07. The molecule has 3 rings (SSSR count). The zero-order valence-corrected chi connectivity index (χ0v) is 7.53. The van der Waals surface area contributed by atoms with Crippen LogP contribution >= 0.6 is 0 Å². The Morgan fingerprint density at radius 2 is 2.15 bits per heavy atom. The van der Waals surface area contributed by atoms with Crippen molar-refractivity contribution in [3.8, 4) is 0 Å². The molecule has 1 aromatic rings. The van der Waals surface area contributed by atoms with Gasteiger partial charge in [-0.15, -0.1) is 0 Å². The minimum Gasteiger partial charge on any atom is -0.327 e. The summed E-state index contributed by atoms with van der Waals surface area (Å²) in [4.78, 5) is 0. The summed E-state index contributed by atoms with van der Waals surface area (Å²) in [6.07, 6.45) is 6.71. The molecular weight excluding hydrogens is 158 g/mol. The number of fused-ring (bicyclic) bond motifs is 1. The van der Waals surface area contributed by atoms with Crippen LogP contribution in [0.15, 0.2) is 24.3 Å². The van der Waals surface area contributed by atoms with Gasteiger partial charge >= 0.3 is 0 Å². The quantitative estimate of drug-likeness (QED) is 0.687. The second kappa shape index (κ2) is 2.46. The van der Waals surface area contributed by atoms with Gasteiger partial charge in [0.2, 0.25) is 0 Å². The Morgan fingerprint density at radius 3 is 2.92 bits per heavy atom. The lowest BCUT2D eigenvalue weighted by atomic mass is 10.0. The van der Waals surface area contributed by atoms with Gasteiger partial charge in [0.25, 0.3) is 0 Å². The molecule has 0 radical (unpaired) electrons. The van der Waals surface area contributed by atoms with Gasteiger partial charge in [0.15, 0.2) is 0 Å². The molecular formula is C12H13N. The molecule has 1 aromatic carbocycles. The molecule has 1 saturated carbocycles. The van der Waals surface area contributed by atoms with Gasteiger partial charge in [-0.1, -0.05) is 30.4 Å². The molecule has 1 nitrogen and oxygen atoms in total. The van der Waals surface area contributed by atoms with Crippen LogP contribution in [0.5, 0.6) is 0 Å². The fraction of sp³-hybridized carbons (Fsp3) is 0.333.